The zero-order chi connectivity index (χ0) is 10.1. The summed E-state index contributed by atoms with van der Waals surface area (Å²) < 4.78 is 12.1. The molecule has 0 unspecified atom stereocenters. The van der Waals surface area contributed by atoms with Gasteiger partial charge >= 0.3 is 0 Å². The number of rotatable bonds is 3. The summed E-state index contributed by atoms with van der Waals surface area (Å²) in [5.74, 6) is -0.450. The Kier molecular flexibility index (Phi) is 9.08. The van der Waals surface area contributed by atoms with Crippen molar-refractivity contribution >= 4 is 0 Å². The van der Waals surface area contributed by atoms with Gasteiger partial charge in [-0.2, -0.15) is 0 Å². The van der Waals surface area contributed by atoms with Crippen LogP contribution in [-0.2, 0) is 0 Å². The van der Waals surface area contributed by atoms with Crippen LogP contribution in [0.5, 0.6) is 0 Å². The van der Waals surface area contributed by atoms with Gasteiger partial charge in [0.2, 0.25) is 0 Å². The van der Waals surface area contributed by atoms with Gasteiger partial charge in [0.15, 0.2) is 0 Å². The molecule has 0 aromatic heterocycles. The van der Waals surface area contributed by atoms with Crippen molar-refractivity contribution in [1.29, 1.82) is 0 Å². The Hall–Kier alpha value is -1.05. The summed E-state index contributed by atoms with van der Waals surface area (Å²) in [5.41, 5.74) is 1.47. The lowest BCUT2D eigenvalue weighted by Crippen LogP contribution is -2.04. The molecule has 0 aliphatic rings. The second-order valence-electron chi connectivity index (χ2n) is 2.00. The third-order valence-corrected chi connectivity index (χ3v) is 1.15. The van der Waals surface area contributed by atoms with Crippen molar-refractivity contribution in [2.45, 2.75) is 20.8 Å². The number of halogens is 1. The van der Waals surface area contributed by atoms with Gasteiger partial charge in [0.1, 0.15) is 5.83 Å². The molecule has 0 rings (SSSR count). The van der Waals surface area contributed by atoms with E-state index in [9.17, 15) is 4.39 Å². The Morgan fingerprint density at radius 2 is 1.75 bits per heavy atom. The highest BCUT2D eigenvalue weighted by Crippen LogP contribution is 2.06. The first-order valence-electron chi connectivity index (χ1n) is 3.97. The second-order valence-corrected chi connectivity index (χ2v) is 2.00. The second kappa shape index (κ2) is 8.05. The standard InChI is InChI=1S/C8H12FN.C2H6/c1-6(5-7(2)9)8(3)10-4;1-2/h5,10H,2-3H2,1,4H3;1-2H3/b6-5-;. The van der Waals surface area contributed by atoms with Crippen molar-refractivity contribution in [2.24, 2.45) is 0 Å². The zero-order valence-electron chi connectivity index (χ0n) is 8.37. The molecule has 0 aromatic rings. The van der Waals surface area contributed by atoms with Crippen molar-refractivity contribution in [3.8, 4) is 0 Å². The van der Waals surface area contributed by atoms with E-state index in [2.05, 4.69) is 18.5 Å². The quantitative estimate of drug-likeness (QED) is 0.643. The van der Waals surface area contributed by atoms with E-state index < -0.39 is 5.83 Å². The fraction of sp³-hybridized carbons (Fsp3) is 0.400. The van der Waals surface area contributed by atoms with E-state index in [4.69, 9.17) is 0 Å². The van der Waals surface area contributed by atoms with Crippen molar-refractivity contribution in [2.75, 3.05) is 7.05 Å². The molecule has 0 amide bonds. The maximum absolute atomic E-state index is 12.1. The van der Waals surface area contributed by atoms with Gasteiger partial charge in [0.25, 0.3) is 0 Å². The Bertz CT molecular complexity index is 180. The van der Waals surface area contributed by atoms with Gasteiger partial charge in [0.05, 0.1) is 0 Å². The van der Waals surface area contributed by atoms with E-state index in [1.807, 2.05) is 13.8 Å². The Morgan fingerprint density at radius 1 is 1.33 bits per heavy atom. The van der Waals surface area contributed by atoms with Gasteiger partial charge < -0.3 is 5.32 Å². The highest BCUT2D eigenvalue weighted by atomic mass is 19.1. The van der Waals surface area contributed by atoms with Crippen LogP contribution in [0.15, 0.2) is 36.3 Å². The summed E-state index contributed by atoms with van der Waals surface area (Å²) in [7, 11) is 1.74. The average Bonchev–Trinajstić information content (AvgIpc) is 2.05. The summed E-state index contributed by atoms with van der Waals surface area (Å²) in [5, 5.41) is 2.80. The molecule has 0 saturated heterocycles. The molecule has 1 N–H and O–H groups in total. The van der Waals surface area contributed by atoms with Gasteiger partial charge in [-0.15, -0.1) is 0 Å². The molecule has 12 heavy (non-hydrogen) atoms. The minimum absolute atomic E-state index is 0.450. The third-order valence-electron chi connectivity index (χ3n) is 1.15. The fourth-order valence-corrected chi connectivity index (χ4v) is 0.519. The van der Waals surface area contributed by atoms with Crippen molar-refractivity contribution < 1.29 is 4.39 Å². The Balaban J connectivity index is 0. The van der Waals surface area contributed by atoms with Gasteiger partial charge in [-0.05, 0) is 18.6 Å². The lowest BCUT2D eigenvalue weighted by Gasteiger charge is -2.02. The molecule has 0 saturated carbocycles. The molecule has 1 nitrogen and oxygen atoms in total. The average molecular weight is 171 g/mol. The summed E-state index contributed by atoms with van der Waals surface area (Å²) >= 11 is 0. The molecule has 0 aromatic carbocycles. The van der Waals surface area contributed by atoms with E-state index in [1.54, 1.807) is 14.0 Å². The van der Waals surface area contributed by atoms with Crippen LogP contribution in [0.4, 0.5) is 4.39 Å². The molecular formula is C10H18FN. The number of allylic oxidation sites excluding steroid dienone is 3. The number of nitrogens with one attached hydrogen (secondary N) is 1. The van der Waals surface area contributed by atoms with Crippen LogP contribution < -0.4 is 5.32 Å². The lowest BCUT2D eigenvalue weighted by atomic mass is 10.2. The van der Waals surface area contributed by atoms with Crippen LogP contribution in [0.3, 0.4) is 0 Å². The van der Waals surface area contributed by atoms with Crippen molar-refractivity contribution in [3.05, 3.63) is 36.3 Å². The van der Waals surface area contributed by atoms with Gasteiger partial charge in [-0.1, -0.05) is 27.0 Å². The highest BCUT2D eigenvalue weighted by molar-refractivity contribution is 5.29. The topological polar surface area (TPSA) is 12.0 Å². The maximum atomic E-state index is 12.1. The molecule has 0 heterocycles. The minimum Gasteiger partial charge on any atom is -0.388 e. The zero-order valence-corrected chi connectivity index (χ0v) is 8.37. The van der Waals surface area contributed by atoms with Gasteiger partial charge in [0, 0.05) is 12.7 Å². The van der Waals surface area contributed by atoms with E-state index in [0.29, 0.717) is 5.70 Å². The molecule has 0 spiro atoms. The molecule has 2 heteroatoms. The predicted octanol–water partition coefficient (Wildman–Crippen LogP) is 3.18. The van der Waals surface area contributed by atoms with E-state index in [1.165, 1.54) is 6.08 Å². The van der Waals surface area contributed by atoms with Crippen molar-refractivity contribution in [1.82, 2.24) is 5.32 Å². The predicted molar refractivity (Wildman–Crippen MR) is 53.6 cm³/mol. The van der Waals surface area contributed by atoms with E-state index in [0.717, 1.165) is 5.57 Å². The molecule has 0 aliphatic carbocycles. The van der Waals surface area contributed by atoms with Gasteiger partial charge in [-0.3, -0.25) is 0 Å². The molecule has 0 aliphatic heterocycles. The summed E-state index contributed by atoms with van der Waals surface area (Å²) in [6, 6.07) is 0. The summed E-state index contributed by atoms with van der Waals surface area (Å²) in [6.45, 7) is 12.5. The normalized spacial score (nSPS) is 9.58. The van der Waals surface area contributed by atoms with Crippen molar-refractivity contribution in [3.63, 3.8) is 0 Å². The summed E-state index contributed by atoms with van der Waals surface area (Å²) in [6.07, 6.45) is 1.33. The SMILES string of the molecule is C=C(F)/C=C(/C)C(=C)NC.CC. The summed E-state index contributed by atoms with van der Waals surface area (Å²) in [4.78, 5) is 0. The Labute approximate surface area is 74.7 Å². The fourth-order valence-electron chi connectivity index (χ4n) is 0.519. The molecule has 0 fully saturated rings. The van der Waals surface area contributed by atoms with Crippen LogP contribution in [-0.4, -0.2) is 7.05 Å². The van der Waals surface area contributed by atoms with Gasteiger partial charge in [-0.25, -0.2) is 4.39 Å². The largest absolute Gasteiger partial charge is 0.388 e. The van der Waals surface area contributed by atoms with Crippen LogP contribution in [0, 0.1) is 0 Å². The molecular weight excluding hydrogens is 153 g/mol. The maximum Gasteiger partial charge on any atom is 0.116 e. The smallest absolute Gasteiger partial charge is 0.116 e. The van der Waals surface area contributed by atoms with Crippen LogP contribution in [0.25, 0.3) is 0 Å². The minimum atomic E-state index is -0.450. The third kappa shape index (κ3) is 7.06. The monoisotopic (exact) mass is 171 g/mol. The first-order chi connectivity index (χ1) is 5.57. The molecule has 0 radical (unpaired) electrons. The van der Waals surface area contributed by atoms with Crippen LogP contribution >= 0.6 is 0 Å². The van der Waals surface area contributed by atoms with Crippen LogP contribution in [0.2, 0.25) is 0 Å². The number of hydrogen-bond acceptors (Lipinski definition) is 1. The van der Waals surface area contributed by atoms with E-state index in [-0.39, 0.29) is 0 Å². The first-order valence-corrected chi connectivity index (χ1v) is 3.97. The number of hydrogen-bond donors (Lipinski definition) is 1. The molecule has 70 valence electrons. The molecule has 0 atom stereocenters. The van der Waals surface area contributed by atoms with E-state index >= 15 is 0 Å². The first kappa shape index (κ1) is 13.5. The lowest BCUT2D eigenvalue weighted by molar-refractivity contribution is 0.669. The number of likely N-dealkylation sites (N-methyl/N-ethyl adjacent to an activating group) is 1. The van der Waals surface area contributed by atoms with Crippen LogP contribution in [0.1, 0.15) is 20.8 Å². The molecule has 0 bridgehead atoms. The highest BCUT2D eigenvalue weighted by Gasteiger charge is 1.92. The Morgan fingerprint density at radius 3 is 2.00 bits per heavy atom.